The van der Waals surface area contributed by atoms with E-state index in [0.29, 0.717) is 11.8 Å². The van der Waals surface area contributed by atoms with Gasteiger partial charge in [-0.05, 0) is 37.8 Å². The Hall–Kier alpha value is -0.900. The first-order valence-corrected chi connectivity index (χ1v) is 6.84. The Kier molecular flexibility index (Phi) is 3.14. The molecule has 1 N–H and O–H groups in total. The molecule has 1 aromatic heterocycles. The van der Waals surface area contributed by atoms with E-state index in [1.165, 1.54) is 25.7 Å². The van der Waals surface area contributed by atoms with Crippen molar-refractivity contribution < 1.29 is 4.52 Å². The predicted molar refractivity (Wildman–Crippen MR) is 64.7 cm³/mol. The molecule has 0 bridgehead atoms. The quantitative estimate of drug-likeness (QED) is 0.872. The van der Waals surface area contributed by atoms with E-state index in [9.17, 15) is 0 Å². The second kappa shape index (κ2) is 4.77. The summed E-state index contributed by atoms with van der Waals surface area (Å²) in [5.41, 5.74) is 0. The topological polar surface area (TPSA) is 51.0 Å². The number of nitrogens with zero attached hydrogens (tertiary/aromatic N) is 2. The molecule has 0 amide bonds. The minimum absolute atomic E-state index is 0.545. The maximum atomic E-state index is 5.36. The van der Waals surface area contributed by atoms with Gasteiger partial charge < -0.3 is 9.84 Å². The van der Waals surface area contributed by atoms with E-state index >= 15 is 0 Å². The molecule has 17 heavy (non-hydrogen) atoms. The summed E-state index contributed by atoms with van der Waals surface area (Å²) in [7, 11) is 0. The van der Waals surface area contributed by atoms with Gasteiger partial charge in [-0.1, -0.05) is 24.9 Å². The lowest BCUT2D eigenvalue weighted by atomic mass is 9.83. The summed E-state index contributed by atoms with van der Waals surface area (Å²) >= 11 is 0. The summed E-state index contributed by atoms with van der Waals surface area (Å²) in [6, 6.07) is 0. The van der Waals surface area contributed by atoms with Crippen molar-refractivity contribution in [3.63, 3.8) is 0 Å². The lowest BCUT2D eigenvalue weighted by molar-refractivity contribution is 0.291. The second-order valence-electron chi connectivity index (χ2n) is 5.73. The molecule has 1 aliphatic carbocycles. The summed E-state index contributed by atoms with van der Waals surface area (Å²) in [4.78, 5) is 4.58. The van der Waals surface area contributed by atoms with Crippen molar-refractivity contribution in [2.24, 2.45) is 11.8 Å². The van der Waals surface area contributed by atoms with Crippen molar-refractivity contribution in [3.05, 3.63) is 11.7 Å². The van der Waals surface area contributed by atoms with Gasteiger partial charge in [-0.2, -0.15) is 4.98 Å². The summed E-state index contributed by atoms with van der Waals surface area (Å²) in [5, 5.41) is 7.44. The van der Waals surface area contributed by atoms with Gasteiger partial charge in [-0.15, -0.1) is 0 Å². The zero-order valence-electron chi connectivity index (χ0n) is 10.5. The highest BCUT2D eigenvalue weighted by Crippen LogP contribution is 2.34. The van der Waals surface area contributed by atoms with Crippen molar-refractivity contribution in [1.29, 1.82) is 0 Å². The molecule has 1 aliphatic heterocycles. The summed E-state index contributed by atoms with van der Waals surface area (Å²) in [6.45, 7) is 4.53. The van der Waals surface area contributed by atoms with Crippen molar-refractivity contribution in [2.45, 2.75) is 44.9 Å². The molecule has 3 rings (SSSR count). The van der Waals surface area contributed by atoms with Crippen LogP contribution in [0.4, 0.5) is 0 Å². The van der Waals surface area contributed by atoms with Gasteiger partial charge in [-0.3, -0.25) is 0 Å². The minimum atomic E-state index is 0.545. The first-order valence-electron chi connectivity index (χ1n) is 6.84. The molecule has 2 aliphatic rings. The van der Waals surface area contributed by atoms with Gasteiger partial charge in [0.1, 0.15) is 0 Å². The van der Waals surface area contributed by atoms with Crippen LogP contribution in [0.25, 0.3) is 0 Å². The van der Waals surface area contributed by atoms with Gasteiger partial charge in [-0.25, -0.2) is 0 Å². The van der Waals surface area contributed by atoms with Crippen LogP contribution in [0.3, 0.4) is 0 Å². The van der Waals surface area contributed by atoms with Gasteiger partial charge >= 0.3 is 0 Å². The number of hydrogen-bond acceptors (Lipinski definition) is 4. The number of rotatable bonds is 3. The van der Waals surface area contributed by atoms with Crippen LogP contribution in [0.2, 0.25) is 0 Å². The largest absolute Gasteiger partial charge is 0.339 e. The Morgan fingerprint density at radius 2 is 2.00 bits per heavy atom. The molecular formula is C13H21N3O. The molecule has 1 saturated carbocycles. The van der Waals surface area contributed by atoms with Crippen LogP contribution in [0, 0.1) is 11.8 Å². The van der Waals surface area contributed by atoms with Crippen LogP contribution in [0.1, 0.15) is 50.2 Å². The average molecular weight is 235 g/mol. The fourth-order valence-electron chi connectivity index (χ4n) is 2.77. The number of aromatic nitrogens is 2. The molecule has 1 saturated heterocycles. The van der Waals surface area contributed by atoms with Gasteiger partial charge in [0.05, 0.1) is 0 Å². The summed E-state index contributed by atoms with van der Waals surface area (Å²) < 4.78 is 5.36. The lowest BCUT2D eigenvalue weighted by Crippen LogP contribution is -2.43. The molecule has 0 spiro atoms. The van der Waals surface area contributed by atoms with Crippen LogP contribution < -0.4 is 5.32 Å². The third-order valence-corrected chi connectivity index (χ3v) is 4.19. The normalized spacial score (nSPS) is 30.2. The van der Waals surface area contributed by atoms with E-state index in [1.54, 1.807) is 0 Å². The summed E-state index contributed by atoms with van der Waals surface area (Å²) in [5.74, 6) is 3.92. The molecule has 0 atom stereocenters. The maximum absolute atomic E-state index is 5.36. The highest BCUT2D eigenvalue weighted by atomic mass is 16.5. The molecule has 0 unspecified atom stereocenters. The standard InChI is InChI=1S/C13H21N3O/c1-9-2-4-11(5-3-9)13-15-12(17-16-13)6-10-7-14-8-10/h9-11,14H,2-8H2,1H3. The molecule has 2 fully saturated rings. The monoisotopic (exact) mass is 235 g/mol. The Labute approximate surface area is 102 Å². The van der Waals surface area contributed by atoms with Crippen LogP contribution in [0.5, 0.6) is 0 Å². The fraction of sp³-hybridized carbons (Fsp3) is 0.846. The average Bonchev–Trinajstić information content (AvgIpc) is 2.73. The van der Waals surface area contributed by atoms with Gasteiger partial charge in [0.25, 0.3) is 0 Å². The van der Waals surface area contributed by atoms with E-state index in [-0.39, 0.29) is 0 Å². The van der Waals surface area contributed by atoms with Crippen LogP contribution >= 0.6 is 0 Å². The Morgan fingerprint density at radius 3 is 2.65 bits per heavy atom. The third kappa shape index (κ3) is 2.51. The van der Waals surface area contributed by atoms with E-state index in [0.717, 1.165) is 37.1 Å². The Balaban J connectivity index is 1.59. The number of nitrogens with one attached hydrogen (secondary N) is 1. The van der Waals surface area contributed by atoms with Crippen molar-refractivity contribution in [2.75, 3.05) is 13.1 Å². The fourth-order valence-corrected chi connectivity index (χ4v) is 2.77. The molecule has 0 radical (unpaired) electrons. The summed E-state index contributed by atoms with van der Waals surface area (Å²) in [6.07, 6.45) is 6.02. The van der Waals surface area contributed by atoms with Gasteiger partial charge in [0.2, 0.25) is 5.89 Å². The number of hydrogen-bond donors (Lipinski definition) is 1. The minimum Gasteiger partial charge on any atom is -0.339 e. The first kappa shape index (κ1) is 11.2. The van der Waals surface area contributed by atoms with E-state index < -0.39 is 0 Å². The third-order valence-electron chi connectivity index (χ3n) is 4.19. The SMILES string of the molecule is CC1CCC(c2noc(CC3CNC3)n2)CC1. The van der Waals surface area contributed by atoms with E-state index in [1.807, 2.05) is 0 Å². The molecule has 0 aromatic carbocycles. The van der Waals surface area contributed by atoms with Crippen molar-refractivity contribution in [1.82, 2.24) is 15.5 Å². The first-order chi connectivity index (χ1) is 8.31. The zero-order chi connectivity index (χ0) is 11.7. The van der Waals surface area contributed by atoms with Crippen LogP contribution in [0.15, 0.2) is 4.52 Å². The van der Waals surface area contributed by atoms with Gasteiger partial charge in [0.15, 0.2) is 5.82 Å². The van der Waals surface area contributed by atoms with Crippen molar-refractivity contribution >= 4 is 0 Å². The molecular weight excluding hydrogens is 214 g/mol. The highest BCUT2D eigenvalue weighted by molar-refractivity contribution is 4.98. The molecule has 94 valence electrons. The van der Waals surface area contributed by atoms with Crippen LogP contribution in [-0.4, -0.2) is 23.2 Å². The zero-order valence-corrected chi connectivity index (χ0v) is 10.5. The lowest BCUT2D eigenvalue weighted by Gasteiger charge is -2.25. The molecule has 4 heteroatoms. The Morgan fingerprint density at radius 1 is 1.24 bits per heavy atom. The van der Waals surface area contributed by atoms with Crippen LogP contribution in [-0.2, 0) is 6.42 Å². The van der Waals surface area contributed by atoms with E-state index in [2.05, 4.69) is 22.4 Å². The molecule has 2 heterocycles. The Bertz CT molecular complexity index is 364. The molecule has 4 nitrogen and oxygen atoms in total. The molecule has 1 aromatic rings. The predicted octanol–water partition coefficient (Wildman–Crippen LogP) is 2.13. The maximum Gasteiger partial charge on any atom is 0.227 e. The second-order valence-corrected chi connectivity index (χ2v) is 5.73. The van der Waals surface area contributed by atoms with Crippen molar-refractivity contribution in [3.8, 4) is 0 Å². The highest BCUT2D eigenvalue weighted by Gasteiger charge is 2.25. The van der Waals surface area contributed by atoms with E-state index in [4.69, 9.17) is 4.52 Å². The van der Waals surface area contributed by atoms with Gasteiger partial charge in [0, 0.05) is 12.3 Å². The smallest absolute Gasteiger partial charge is 0.227 e.